The molecular weight excluding hydrogens is 304 g/mol. The predicted molar refractivity (Wildman–Crippen MR) is 73.9 cm³/mol. The van der Waals surface area contributed by atoms with E-state index >= 15 is 0 Å². The van der Waals surface area contributed by atoms with Crippen molar-refractivity contribution in [3.8, 4) is 0 Å². The summed E-state index contributed by atoms with van der Waals surface area (Å²) in [6.45, 7) is 0.619. The van der Waals surface area contributed by atoms with Gasteiger partial charge in [-0.05, 0) is 39.5 Å². The van der Waals surface area contributed by atoms with Gasteiger partial charge in [0.15, 0.2) is 0 Å². The number of hydrogen-bond donors (Lipinski definition) is 1. The van der Waals surface area contributed by atoms with Crippen LogP contribution >= 0.6 is 39.0 Å². The standard InChI is InChI=1S/C11H11BrN2S2/c12-8-3-1-5-14-11(8)16-10(7-13)9-4-2-6-15-9/h1-6,10H,7,13H2. The van der Waals surface area contributed by atoms with Crippen molar-refractivity contribution >= 4 is 39.0 Å². The van der Waals surface area contributed by atoms with Crippen molar-refractivity contribution in [3.63, 3.8) is 0 Å². The average Bonchev–Trinajstić information content (AvgIpc) is 2.81. The van der Waals surface area contributed by atoms with Crippen LogP contribution in [0.3, 0.4) is 0 Å². The number of thiophene rings is 1. The molecule has 2 aromatic rings. The molecular formula is C11H11BrN2S2. The summed E-state index contributed by atoms with van der Waals surface area (Å²) in [6.07, 6.45) is 1.80. The Labute approximate surface area is 111 Å². The Morgan fingerprint density at radius 3 is 2.94 bits per heavy atom. The zero-order chi connectivity index (χ0) is 11.4. The second-order valence-corrected chi connectivity index (χ2v) is 6.17. The van der Waals surface area contributed by atoms with Crippen molar-refractivity contribution in [2.24, 2.45) is 5.73 Å². The van der Waals surface area contributed by atoms with Crippen LogP contribution in [0.4, 0.5) is 0 Å². The molecule has 84 valence electrons. The molecule has 2 nitrogen and oxygen atoms in total. The van der Waals surface area contributed by atoms with Gasteiger partial charge in [-0.3, -0.25) is 0 Å². The monoisotopic (exact) mass is 314 g/mol. The highest BCUT2D eigenvalue weighted by atomic mass is 79.9. The van der Waals surface area contributed by atoms with Crippen LogP contribution in [-0.2, 0) is 0 Å². The molecule has 0 aromatic carbocycles. The van der Waals surface area contributed by atoms with Crippen LogP contribution in [0.2, 0.25) is 0 Å². The number of thioether (sulfide) groups is 1. The maximum absolute atomic E-state index is 5.80. The molecule has 0 aliphatic carbocycles. The maximum Gasteiger partial charge on any atom is 0.111 e. The number of pyridine rings is 1. The first kappa shape index (κ1) is 12.1. The number of nitrogens with zero attached hydrogens (tertiary/aromatic N) is 1. The summed E-state index contributed by atoms with van der Waals surface area (Å²) in [4.78, 5) is 5.64. The molecule has 0 aliphatic rings. The molecule has 2 rings (SSSR count). The largest absolute Gasteiger partial charge is 0.329 e. The van der Waals surface area contributed by atoms with Crippen LogP contribution in [0.1, 0.15) is 10.1 Å². The minimum absolute atomic E-state index is 0.284. The number of halogens is 1. The Morgan fingerprint density at radius 1 is 1.44 bits per heavy atom. The van der Waals surface area contributed by atoms with E-state index in [1.807, 2.05) is 12.1 Å². The molecule has 0 radical (unpaired) electrons. The fourth-order valence-corrected chi connectivity index (χ4v) is 3.72. The van der Waals surface area contributed by atoms with E-state index in [4.69, 9.17) is 5.73 Å². The summed E-state index contributed by atoms with van der Waals surface area (Å²) < 4.78 is 1.02. The molecule has 2 aromatic heterocycles. The fraction of sp³-hybridized carbons (Fsp3) is 0.182. The molecule has 5 heteroatoms. The smallest absolute Gasteiger partial charge is 0.111 e. The van der Waals surface area contributed by atoms with Gasteiger partial charge in [0.05, 0.1) is 5.25 Å². The number of nitrogens with two attached hydrogens (primary N) is 1. The SMILES string of the molecule is NCC(Sc1ncccc1Br)c1cccs1. The average molecular weight is 315 g/mol. The number of hydrogen-bond acceptors (Lipinski definition) is 4. The van der Waals surface area contributed by atoms with Crippen molar-refractivity contribution in [1.29, 1.82) is 0 Å². The van der Waals surface area contributed by atoms with E-state index in [1.165, 1.54) is 4.88 Å². The Bertz CT molecular complexity index is 445. The molecule has 0 fully saturated rings. The third kappa shape index (κ3) is 2.85. The lowest BCUT2D eigenvalue weighted by atomic mass is 10.3. The van der Waals surface area contributed by atoms with Gasteiger partial charge in [-0.15, -0.1) is 11.3 Å². The second kappa shape index (κ2) is 5.82. The van der Waals surface area contributed by atoms with Crippen LogP contribution in [0.15, 0.2) is 45.3 Å². The van der Waals surface area contributed by atoms with Gasteiger partial charge < -0.3 is 5.73 Å². The zero-order valence-corrected chi connectivity index (χ0v) is 11.7. The van der Waals surface area contributed by atoms with Gasteiger partial charge in [-0.1, -0.05) is 17.8 Å². The summed E-state index contributed by atoms with van der Waals surface area (Å²) in [6, 6.07) is 8.08. The maximum atomic E-state index is 5.80. The van der Waals surface area contributed by atoms with Crippen LogP contribution < -0.4 is 5.73 Å². The summed E-state index contributed by atoms with van der Waals surface area (Å²) >= 11 is 6.93. The van der Waals surface area contributed by atoms with E-state index in [0.29, 0.717) is 6.54 Å². The molecule has 1 atom stereocenters. The Kier molecular flexibility index (Phi) is 4.40. The fourth-order valence-electron chi connectivity index (χ4n) is 1.29. The van der Waals surface area contributed by atoms with Gasteiger partial charge in [0.1, 0.15) is 5.03 Å². The van der Waals surface area contributed by atoms with Crippen molar-refractivity contribution in [3.05, 3.63) is 45.2 Å². The normalized spacial score (nSPS) is 12.6. The van der Waals surface area contributed by atoms with Crippen LogP contribution in [-0.4, -0.2) is 11.5 Å². The second-order valence-electron chi connectivity index (χ2n) is 3.15. The Morgan fingerprint density at radius 2 is 2.31 bits per heavy atom. The molecule has 16 heavy (non-hydrogen) atoms. The summed E-state index contributed by atoms with van der Waals surface area (Å²) in [5, 5.41) is 3.35. The van der Waals surface area contributed by atoms with Gasteiger partial charge in [0, 0.05) is 22.1 Å². The van der Waals surface area contributed by atoms with E-state index in [-0.39, 0.29) is 5.25 Å². The zero-order valence-electron chi connectivity index (χ0n) is 8.47. The van der Waals surface area contributed by atoms with Crippen LogP contribution in [0, 0.1) is 0 Å². The van der Waals surface area contributed by atoms with Gasteiger partial charge >= 0.3 is 0 Å². The van der Waals surface area contributed by atoms with E-state index in [0.717, 1.165) is 9.50 Å². The van der Waals surface area contributed by atoms with Crippen molar-refractivity contribution in [2.45, 2.75) is 10.3 Å². The third-order valence-electron chi connectivity index (χ3n) is 2.05. The predicted octanol–water partition coefficient (Wildman–Crippen LogP) is 3.70. The van der Waals surface area contributed by atoms with Crippen molar-refractivity contribution in [2.75, 3.05) is 6.54 Å². The first-order valence-corrected chi connectivity index (χ1v) is 7.37. The first-order valence-electron chi connectivity index (χ1n) is 4.82. The molecule has 0 aliphatic heterocycles. The van der Waals surface area contributed by atoms with Gasteiger partial charge in [-0.25, -0.2) is 4.98 Å². The Balaban J connectivity index is 2.17. The third-order valence-corrected chi connectivity index (χ3v) is 5.37. The molecule has 2 heterocycles. The van der Waals surface area contributed by atoms with Gasteiger partial charge in [0.2, 0.25) is 0 Å². The number of rotatable bonds is 4. The molecule has 2 N–H and O–H groups in total. The molecule has 1 unspecified atom stereocenters. The van der Waals surface area contributed by atoms with Crippen LogP contribution in [0.5, 0.6) is 0 Å². The molecule has 0 bridgehead atoms. The Hall–Kier alpha value is -0.360. The van der Waals surface area contributed by atoms with Crippen molar-refractivity contribution < 1.29 is 0 Å². The highest BCUT2D eigenvalue weighted by molar-refractivity contribution is 9.10. The lowest BCUT2D eigenvalue weighted by Gasteiger charge is -2.12. The van der Waals surface area contributed by atoms with Gasteiger partial charge in [0.25, 0.3) is 0 Å². The minimum atomic E-state index is 0.284. The van der Waals surface area contributed by atoms with Gasteiger partial charge in [-0.2, -0.15) is 0 Å². The molecule has 0 saturated carbocycles. The lowest BCUT2D eigenvalue weighted by Crippen LogP contribution is -2.08. The summed E-state index contributed by atoms with van der Waals surface area (Å²) in [5.74, 6) is 0. The molecule has 0 saturated heterocycles. The van der Waals surface area contributed by atoms with Crippen molar-refractivity contribution in [1.82, 2.24) is 4.98 Å². The first-order chi connectivity index (χ1) is 7.81. The van der Waals surface area contributed by atoms with E-state index in [1.54, 1.807) is 29.3 Å². The summed E-state index contributed by atoms with van der Waals surface area (Å²) in [7, 11) is 0. The lowest BCUT2D eigenvalue weighted by molar-refractivity contribution is 0.951. The molecule has 0 amide bonds. The minimum Gasteiger partial charge on any atom is -0.329 e. The number of aromatic nitrogens is 1. The van der Waals surface area contributed by atoms with E-state index in [9.17, 15) is 0 Å². The van der Waals surface area contributed by atoms with Crippen LogP contribution in [0.25, 0.3) is 0 Å². The highest BCUT2D eigenvalue weighted by Gasteiger charge is 2.14. The molecule has 0 spiro atoms. The summed E-state index contributed by atoms with van der Waals surface area (Å²) in [5.41, 5.74) is 5.80. The van der Waals surface area contributed by atoms with E-state index in [2.05, 4.69) is 38.4 Å². The quantitative estimate of drug-likeness (QED) is 0.875. The topological polar surface area (TPSA) is 38.9 Å². The van der Waals surface area contributed by atoms with E-state index < -0.39 is 0 Å². The highest BCUT2D eigenvalue weighted by Crippen LogP contribution is 2.38.